The van der Waals surface area contributed by atoms with E-state index < -0.39 is 17.7 Å². The number of alkyl halides is 6. The first-order valence-corrected chi connectivity index (χ1v) is 11.5. The van der Waals surface area contributed by atoms with Gasteiger partial charge in [-0.3, -0.25) is 9.88 Å². The van der Waals surface area contributed by atoms with Crippen LogP contribution in [0.25, 0.3) is 10.9 Å². The fourth-order valence-electron chi connectivity index (χ4n) is 3.42. The second-order valence-electron chi connectivity index (χ2n) is 7.59. The first-order chi connectivity index (χ1) is 17.2. The molecule has 1 aliphatic rings. The molecule has 2 aromatic carbocycles. The lowest BCUT2D eigenvalue weighted by Gasteiger charge is -2.21. The number of anilines is 1. The van der Waals surface area contributed by atoms with Gasteiger partial charge in [-0.15, -0.1) is 0 Å². The molecule has 1 aromatic heterocycles. The molecule has 1 N–H and O–H groups in total. The Morgan fingerprint density at radius 3 is 2.22 bits per heavy atom. The number of nitrogens with zero attached hydrogens (tertiary/aromatic N) is 3. The number of halogens is 6. The molecule has 0 spiro atoms. The van der Waals surface area contributed by atoms with Crippen LogP contribution in [-0.4, -0.2) is 49.7 Å². The predicted octanol–water partition coefficient (Wildman–Crippen LogP) is 6.64. The van der Waals surface area contributed by atoms with Gasteiger partial charge in [-0.2, -0.15) is 26.3 Å². The Labute approximate surface area is 215 Å². The highest BCUT2D eigenvalue weighted by Gasteiger charge is 2.41. The zero-order chi connectivity index (χ0) is 27.5. The summed E-state index contributed by atoms with van der Waals surface area (Å²) in [4.78, 5) is 29.9. The van der Waals surface area contributed by atoms with Crippen LogP contribution >= 0.6 is 24.0 Å². The lowest BCUT2D eigenvalue weighted by atomic mass is 10.1. The molecule has 3 aromatic rings. The highest BCUT2D eigenvalue weighted by atomic mass is 32.2. The number of benzene rings is 2. The third-order valence-corrected chi connectivity index (χ3v) is 6.40. The average Bonchev–Trinajstić information content (AvgIpc) is 3.02. The number of fused-ring (bicyclic) bond motifs is 1. The number of aliphatic carboxylic acids is 1. The fourth-order valence-corrected chi connectivity index (χ4v) is 4.27. The summed E-state index contributed by atoms with van der Waals surface area (Å²) in [6.45, 7) is 2.19. The van der Waals surface area contributed by atoms with Crippen LogP contribution in [0.3, 0.4) is 0 Å². The van der Waals surface area contributed by atoms with E-state index in [1.807, 2.05) is 37.3 Å². The summed E-state index contributed by atoms with van der Waals surface area (Å²) in [5.74, 6) is -2.76. The maximum Gasteiger partial charge on any atom is 0.490 e. The molecule has 37 heavy (non-hydrogen) atoms. The van der Waals surface area contributed by atoms with Crippen LogP contribution in [0.4, 0.5) is 36.8 Å². The van der Waals surface area contributed by atoms with Crippen molar-refractivity contribution in [1.82, 2.24) is 9.88 Å². The van der Waals surface area contributed by atoms with Crippen LogP contribution in [0, 0.1) is 0 Å². The number of carboxylic acid groups (broad SMARTS) is 1. The molecule has 1 atom stereocenters. The van der Waals surface area contributed by atoms with E-state index in [0.29, 0.717) is 17.2 Å². The Bertz CT molecular complexity index is 1310. The van der Waals surface area contributed by atoms with E-state index >= 15 is 0 Å². The second-order valence-corrected chi connectivity index (χ2v) is 9.15. The van der Waals surface area contributed by atoms with E-state index in [1.165, 1.54) is 29.2 Å². The van der Waals surface area contributed by atoms with Crippen LogP contribution in [0.1, 0.15) is 12.5 Å². The van der Waals surface area contributed by atoms with Gasteiger partial charge >= 0.3 is 23.7 Å². The average molecular weight is 562 g/mol. The summed E-state index contributed by atoms with van der Waals surface area (Å²) >= 11 is 5.30. The number of thiocarbonyl (C=S) groups is 1. The first-order valence-electron chi connectivity index (χ1n) is 10.3. The van der Waals surface area contributed by atoms with Crippen molar-refractivity contribution in [3.05, 3.63) is 66.4 Å². The molecule has 0 bridgehead atoms. The number of urea groups is 1. The maximum atomic E-state index is 13.1. The third-order valence-electron chi connectivity index (χ3n) is 5.13. The van der Waals surface area contributed by atoms with E-state index in [0.717, 1.165) is 16.5 Å². The number of rotatable bonds is 4. The topological polar surface area (TPSA) is 73.7 Å². The second kappa shape index (κ2) is 10.9. The monoisotopic (exact) mass is 561 g/mol. The number of carbonyl (C=O) groups is 2. The van der Waals surface area contributed by atoms with Gasteiger partial charge in [0.25, 0.3) is 0 Å². The Morgan fingerprint density at radius 2 is 1.65 bits per heavy atom. The summed E-state index contributed by atoms with van der Waals surface area (Å²) < 4.78 is 69.4. The van der Waals surface area contributed by atoms with Crippen molar-refractivity contribution in [3.63, 3.8) is 0 Å². The summed E-state index contributed by atoms with van der Waals surface area (Å²) in [6.07, 6.45) is -3.38. The van der Waals surface area contributed by atoms with Crippen molar-refractivity contribution >= 4 is 57.6 Å². The maximum absolute atomic E-state index is 13.1. The van der Waals surface area contributed by atoms with Crippen LogP contribution in [0.5, 0.6) is 0 Å². The van der Waals surface area contributed by atoms with Crippen LogP contribution < -0.4 is 4.90 Å². The number of pyridine rings is 1. The number of thioether (sulfide) groups is 1. The van der Waals surface area contributed by atoms with Crippen LogP contribution in [0.15, 0.2) is 65.7 Å². The predicted molar refractivity (Wildman–Crippen MR) is 129 cm³/mol. The van der Waals surface area contributed by atoms with Gasteiger partial charge < -0.3 is 10.0 Å². The number of carbonyl (C=O) groups excluding carboxylic acids is 1. The van der Waals surface area contributed by atoms with Crippen LogP contribution in [0.2, 0.25) is 0 Å². The molecule has 196 valence electrons. The van der Waals surface area contributed by atoms with E-state index in [-0.39, 0.29) is 28.7 Å². The summed E-state index contributed by atoms with van der Waals surface area (Å²) in [5, 5.41) is 8.08. The molecular formula is C23H17F6N3O3S2. The van der Waals surface area contributed by atoms with Gasteiger partial charge in [0, 0.05) is 23.0 Å². The number of hydrogen-bond donors (Lipinski definition) is 1. The SMILES string of the molecule is C[C@@H]1C(=S)N(c2ccc(SC(F)(F)F)cc2)C(=O)N1Cc1ccnc2ccccc12.O=C(O)C(F)(F)F. The molecule has 2 heterocycles. The number of para-hydroxylation sites is 1. The quantitative estimate of drug-likeness (QED) is 0.219. The number of amides is 2. The van der Waals surface area contributed by atoms with Crippen molar-refractivity contribution < 1.29 is 41.0 Å². The van der Waals surface area contributed by atoms with E-state index in [4.69, 9.17) is 22.1 Å². The molecule has 6 nitrogen and oxygen atoms in total. The minimum Gasteiger partial charge on any atom is -0.475 e. The molecule has 2 amide bonds. The van der Waals surface area contributed by atoms with Crippen molar-refractivity contribution in [2.45, 2.75) is 36.1 Å². The van der Waals surface area contributed by atoms with Gasteiger partial charge in [0.15, 0.2) is 0 Å². The summed E-state index contributed by atoms with van der Waals surface area (Å²) in [6, 6.07) is 14.6. The molecule has 0 saturated carbocycles. The third kappa shape index (κ3) is 6.89. The molecular weight excluding hydrogens is 544 g/mol. The minimum atomic E-state index is -5.08. The van der Waals surface area contributed by atoms with Gasteiger partial charge in [-0.1, -0.05) is 30.4 Å². The summed E-state index contributed by atoms with van der Waals surface area (Å²) in [7, 11) is 0. The summed E-state index contributed by atoms with van der Waals surface area (Å²) in [5.41, 5.74) is -2.13. The molecule has 1 aliphatic heterocycles. The van der Waals surface area contributed by atoms with Crippen molar-refractivity contribution in [2.24, 2.45) is 0 Å². The van der Waals surface area contributed by atoms with Crippen LogP contribution in [-0.2, 0) is 11.3 Å². The lowest BCUT2D eigenvalue weighted by molar-refractivity contribution is -0.192. The first kappa shape index (κ1) is 28.2. The Morgan fingerprint density at radius 1 is 1.05 bits per heavy atom. The zero-order valence-corrected chi connectivity index (χ0v) is 20.4. The number of carboxylic acids is 1. The van der Waals surface area contributed by atoms with Gasteiger partial charge in [0.1, 0.15) is 4.99 Å². The highest BCUT2D eigenvalue weighted by molar-refractivity contribution is 8.00. The molecule has 0 aliphatic carbocycles. The Hall–Kier alpha value is -3.39. The van der Waals surface area contributed by atoms with Gasteiger partial charge in [-0.05, 0) is 60.6 Å². The normalized spacial score (nSPS) is 16.1. The largest absolute Gasteiger partial charge is 0.490 e. The molecule has 1 saturated heterocycles. The van der Waals surface area contributed by atoms with Gasteiger partial charge in [0.2, 0.25) is 0 Å². The van der Waals surface area contributed by atoms with Gasteiger partial charge in [-0.25, -0.2) is 9.59 Å². The molecule has 14 heteroatoms. The fraction of sp³-hybridized carbons (Fsp3) is 0.217. The van der Waals surface area contributed by atoms with Gasteiger partial charge in [0.05, 0.1) is 17.2 Å². The van der Waals surface area contributed by atoms with Crippen molar-refractivity contribution in [3.8, 4) is 0 Å². The molecule has 0 unspecified atom stereocenters. The number of aromatic nitrogens is 1. The molecule has 4 rings (SSSR count). The minimum absolute atomic E-state index is 0.0528. The highest BCUT2D eigenvalue weighted by Crippen LogP contribution is 2.38. The Balaban J connectivity index is 0.000000479. The van der Waals surface area contributed by atoms with Crippen molar-refractivity contribution in [1.29, 1.82) is 0 Å². The lowest BCUT2D eigenvalue weighted by Crippen LogP contribution is -2.33. The Kier molecular flexibility index (Phi) is 8.32. The standard InChI is InChI=1S/C21H16F3N3OS2.C2HF3O2/c1-13-19(29)27(15-6-8-16(9-7-15)30-21(22,23)24)20(28)26(13)12-14-10-11-25-18-5-3-2-4-17(14)18;3-2(4,5)1(6)7/h2-11,13H,12H2,1H3;(H,6,7)/t13-;/m1./s1. The smallest absolute Gasteiger partial charge is 0.475 e. The van der Waals surface area contributed by atoms with E-state index in [2.05, 4.69) is 4.98 Å². The van der Waals surface area contributed by atoms with Crippen molar-refractivity contribution in [2.75, 3.05) is 4.90 Å². The molecule has 0 radical (unpaired) electrons. The molecule has 1 fully saturated rings. The zero-order valence-electron chi connectivity index (χ0n) is 18.7. The van der Waals surface area contributed by atoms with E-state index in [9.17, 15) is 31.1 Å². The van der Waals surface area contributed by atoms with E-state index in [1.54, 1.807) is 11.1 Å². The number of hydrogen-bond acceptors (Lipinski definition) is 5.